The molecule has 0 N–H and O–H groups in total. The van der Waals surface area contributed by atoms with Crippen molar-refractivity contribution in [2.75, 3.05) is 21.3 Å². The maximum absolute atomic E-state index is 5.58. The van der Waals surface area contributed by atoms with E-state index in [0.717, 1.165) is 0 Å². The van der Waals surface area contributed by atoms with Gasteiger partial charge >= 0.3 is 0 Å². The Labute approximate surface area is 152 Å². The van der Waals surface area contributed by atoms with Crippen LogP contribution in [0, 0.1) is 0 Å². The van der Waals surface area contributed by atoms with Crippen LogP contribution in [-0.4, -0.2) is 35.0 Å². The van der Waals surface area contributed by atoms with Gasteiger partial charge in [-0.2, -0.15) is 0 Å². The third kappa shape index (κ3) is 8.98. The van der Waals surface area contributed by atoms with Crippen LogP contribution in [0.2, 0.25) is 19.1 Å². The molecular formula is C20H44O3Si. The summed E-state index contributed by atoms with van der Waals surface area (Å²) in [6.07, 6.45) is 16.7. The number of hydrogen-bond donors (Lipinski definition) is 0. The number of unbranched alkanes of at least 4 members (excludes halogenated alkanes) is 11. The van der Waals surface area contributed by atoms with Crippen molar-refractivity contribution >= 4 is 8.07 Å². The fraction of sp³-hybridized carbons (Fsp3) is 1.00. The van der Waals surface area contributed by atoms with Crippen LogP contribution in [0.1, 0.15) is 84.0 Å². The van der Waals surface area contributed by atoms with E-state index in [-0.39, 0.29) is 0 Å². The second kappa shape index (κ2) is 14.3. The number of hydrogen-bond acceptors (Lipinski definition) is 3. The lowest BCUT2D eigenvalue weighted by molar-refractivity contribution is -0.300. The van der Waals surface area contributed by atoms with Crippen LogP contribution in [0.4, 0.5) is 0 Å². The van der Waals surface area contributed by atoms with E-state index >= 15 is 0 Å². The number of rotatable bonds is 17. The van der Waals surface area contributed by atoms with Gasteiger partial charge in [0, 0.05) is 21.3 Å². The van der Waals surface area contributed by atoms with Crippen molar-refractivity contribution in [1.29, 1.82) is 0 Å². The molecule has 0 spiro atoms. The average Bonchev–Trinajstić information content (AvgIpc) is 2.57. The highest BCUT2D eigenvalue weighted by atomic mass is 28.3. The van der Waals surface area contributed by atoms with Gasteiger partial charge in [0.2, 0.25) is 0 Å². The minimum atomic E-state index is -1.75. The highest BCUT2D eigenvalue weighted by molar-refractivity contribution is 6.79. The van der Waals surface area contributed by atoms with Gasteiger partial charge < -0.3 is 14.2 Å². The lowest BCUT2D eigenvalue weighted by atomic mass is 10.1. The molecule has 24 heavy (non-hydrogen) atoms. The highest BCUT2D eigenvalue weighted by Gasteiger charge is 2.48. The zero-order valence-corrected chi connectivity index (χ0v) is 18.4. The van der Waals surface area contributed by atoms with Crippen LogP contribution in [0.3, 0.4) is 0 Å². The lowest BCUT2D eigenvalue weighted by Crippen LogP contribution is -2.58. The minimum Gasteiger partial charge on any atom is -0.335 e. The summed E-state index contributed by atoms with van der Waals surface area (Å²) in [4.78, 5) is 0. The molecule has 0 aromatic rings. The maximum Gasteiger partial charge on any atom is 0.255 e. The van der Waals surface area contributed by atoms with Gasteiger partial charge in [0.05, 0.1) is 0 Å². The first kappa shape index (κ1) is 24.1. The Bertz CT molecular complexity index is 270. The molecule has 0 radical (unpaired) electrons. The van der Waals surface area contributed by atoms with E-state index in [1.807, 2.05) is 0 Å². The van der Waals surface area contributed by atoms with Crippen molar-refractivity contribution in [3.8, 4) is 0 Å². The van der Waals surface area contributed by atoms with Gasteiger partial charge in [-0.25, -0.2) is 0 Å². The molecule has 3 nitrogen and oxygen atoms in total. The molecule has 0 heterocycles. The topological polar surface area (TPSA) is 27.7 Å². The first-order valence-corrected chi connectivity index (χ1v) is 13.4. The third-order valence-corrected chi connectivity index (χ3v) is 9.16. The molecule has 0 aliphatic rings. The van der Waals surface area contributed by atoms with Gasteiger partial charge in [0.25, 0.3) is 5.60 Å². The van der Waals surface area contributed by atoms with Crippen molar-refractivity contribution in [3.05, 3.63) is 0 Å². The zero-order valence-electron chi connectivity index (χ0n) is 17.4. The predicted molar refractivity (Wildman–Crippen MR) is 107 cm³/mol. The minimum absolute atomic E-state index is 0.801. The summed E-state index contributed by atoms with van der Waals surface area (Å²) in [5.74, 6) is 0. The molecule has 0 saturated carbocycles. The molecule has 0 unspecified atom stereocenters. The molecule has 0 fully saturated rings. The molecule has 0 aromatic carbocycles. The molecule has 0 aliphatic carbocycles. The first-order chi connectivity index (χ1) is 11.5. The fourth-order valence-electron chi connectivity index (χ4n) is 3.64. The molecule has 0 bridgehead atoms. The van der Waals surface area contributed by atoms with Crippen molar-refractivity contribution < 1.29 is 14.2 Å². The van der Waals surface area contributed by atoms with Gasteiger partial charge in [0.1, 0.15) is 0 Å². The third-order valence-electron chi connectivity index (χ3n) is 5.29. The standard InChI is InChI=1S/C20H44O3Si/c1-7-8-9-10-11-12-13-14-15-16-17-18-19-24(5,6)20(21-2,22-3)23-4/h7-19H2,1-6H3. The molecule has 4 heteroatoms. The van der Waals surface area contributed by atoms with Crippen LogP contribution in [-0.2, 0) is 14.2 Å². The van der Waals surface area contributed by atoms with E-state index in [2.05, 4.69) is 20.0 Å². The summed E-state index contributed by atoms with van der Waals surface area (Å²) in [5.41, 5.74) is -0.801. The Morgan fingerprint density at radius 1 is 0.583 bits per heavy atom. The van der Waals surface area contributed by atoms with E-state index in [1.165, 1.54) is 83.1 Å². The maximum atomic E-state index is 5.58. The molecule has 0 aromatic heterocycles. The Kier molecular flexibility index (Phi) is 14.3. The van der Waals surface area contributed by atoms with E-state index in [9.17, 15) is 0 Å². The highest BCUT2D eigenvalue weighted by Crippen LogP contribution is 2.31. The van der Waals surface area contributed by atoms with Crippen LogP contribution in [0.15, 0.2) is 0 Å². The summed E-state index contributed by atoms with van der Waals surface area (Å²) in [6, 6.07) is 1.18. The Hall–Kier alpha value is 0.0969. The van der Waals surface area contributed by atoms with E-state index in [1.54, 1.807) is 21.3 Å². The van der Waals surface area contributed by atoms with Crippen LogP contribution in [0.25, 0.3) is 0 Å². The van der Waals surface area contributed by atoms with Crippen LogP contribution < -0.4 is 0 Å². The average molecular weight is 361 g/mol. The summed E-state index contributed by atoms with van der Waals surface area (Å²) in [7, 11) is 3.31. The molecule has 0 amide bonds. The summed E-state index contributed by atoms with van der Waals surface area (Å²) >= 11 is 0. The van der Waals surface area contributed by atoms with Crippen molar-refractivity contribution in [1.82, 2.24) is 0 Å². The molecule has 0 rings (SSSR count). The van der Waals surface area contributed by atoms with Crippen LogP contribution >= 0.6 is 0 Å². The fourth-order valence-corrected chi connectivity index (χ4v) is 6.74. The van der Waals surface area contributed by atoms with Crippen molar-refractivity contribution in [2.45, 2.75) is 109 Å². The quantitative estimate of drug-likeness (QED) is 0.168. The molecule has 0 aliphatic heterocycles. The SMILES string of the molecule is CCCCCCCCCCCCCC[Si](C)(C)C(OC)(OC)OC. The Balaban J connectivity index is 3.65. The van der Waals surface area contributed by atoms with Crippen molar-refractivity contribution in [2.24, 2.45) is 0 Å². The molecule has 0 atom stereocenters. The van der Waals surface area contributed by atoms with Gasteiger partial charge in [-0.3, -0.25) is 0 Å². The zero-order chi connectivity index (χ0) is 18.3. The normalized spacial score (nSPS) is 12.8. The van der Waals surface area contributed by atoms with Gasteiger partial charge in [-0.05, 0) is 0 Å². The number of ether oxygens (including phenoxy) is 3. The van der Waals surface area contributed by atoms with E-state index in [4.69, 9.17) is 14.2 Å². The Morgan fingerprint density at radius 3 is 1.25 bits per heavy atom. The lowest BCUT2D eigenvalue weighted by Gasteiger charge is -2.41. The second-order valence-corrected chi connectivity index (χ2v) is 12.6. The van der Waals surface area contributed by atoms with Gasteiger partial charge in [-0.15, -0.1) is 0 Å². The molecular weight excluding hydrogens is 316 g/mol. The number of methoxy groups -OCH3 is 3. The first-order valence-electron chi connectivity index (χ1n) is 10.1. The summed E-state index contributed by atoms with van der Waals surface area (Å²) < 4.78 is 16.7. The molecule has 0 saturated heterocycles. The predicted octanol–water partition coefficient (Wildman–Crippen LogP) is 6.53. The van der Waals surface area contributed by atoms with Crippen molar-refractivity contribution in [3.63, 3.8) is 0 Å². The largest absolute Gasteiger partial charge is 0.335 e. The van der Waals surface area contributed by atoms with E-state index < -0.39 is 13.7 Å². The monoisotopic (exact) mass is 360 g/mol. The van der Waals surface area contributed by atoms with Gasteiger partial charge in [-0.1, -0.05) is 103 Å². The summed E-state index contributed by atoms with van der Waals surface area (Å²) in [5, 5.41) is 0. The van der Waals surface area contributed by atoms with Crippen LogP contribution in [0.5, 0.6) is 0 Å². The Morgan fingerprint density at radius 2 is 0.917 bits per heavy atom. The van der Waals surface area contributed by atoms with Gasteiger partial charge in [0.15, 0.2) is 8.07 Å². The van der Waals surface area contributed by atoms with E-state index in [0.29, 0.717) is 0 Å². The summed E-state index contributed by atoms with van der Waals surface area (Å²) in [6.45, 7) is 6.87. The molecule has 146 valence electrons. The second-order valence-electron chi connectivity index (χ2n) is 7.69. The smallest absolute Gasteiger partial charge is 0.255 e.